The van der Waals surface area contributed by atoms with Crippen LogP contribution in [0, 0.1) is 11.3 Å². The Hall–Kier alpha value is -2.99. The van der Waals surface area contributed by atoms with E-state index in [2.05, 4.69) is 6.07 Å². The van der Waals surface area contributed by atoms with Crippen molar-refractivity contribution in [3.63, 3.8) is 0 Å². The first-order valence-corrected chi connectivity index (χ1v) is 6.24. The lowest BCUT2D eigenvalue weighted by Gasteiger charge is -2.11. The minimum atomic E-state index is 0.364. The van der Waals surface area contributed by atoms with Crippen molar-refractivity contribution in [2.24, 2.45) is 0 Å². The van der Waals surface area contributed by atoms with Gasteiger partial charge in [0, 0.05) is 5.39 Å². The molecule has 3 nitrogen and oxygen atoms in total. The van der Waals surface area contributed by atoms with Crippen LogP contribution in [-0.4, -0.2) is 0 Å². The molecule has 0 heterocycles. The van der Waals surface area contributed by atoms with E-state index in [1.807, 2.05) is 42.5 Å². The molecule has 3 aromatic rings. The fourth-order valence-electron chi connectivity index (χ4n) is 2.13. The van der Waals surface area contributed by atoms with Crippen LogP contribution in [0.1, 0.15) is 5.56 Å². The molecule has 0 saturated carbocycles. The van der Waals surface area contributed by atoms with Crippen molar-refractivity contribution in [2.75, 3.05) is 5.73 Å². The molecule has 0 radical (unpaired) electrons. The Balaban J connectivity index is 2.09. The minimum absolute atomic E-state index is 0.364. The average molecular weight is 260 g/mol. The zero-order valence-electron chi connectivity index (χ0n) is 10.7. The monoisotopic (exact) mass is 260 g/mol. The normalized spacial score (nSPS) is 10.2. The van der Waals surface area contributed by atoms with E-state index in [0.29, 0.717) is 17.0 Å². The second-order valence-electron chi connectivity index (χ2n) is 4.41. The summed E-state index contributed by atoms with van der Waals surface area (Å²) in [5.74, 6) is 1.23. The molecule has 0 spiro atoms. The summed E-state index contributed by atoms with van der Waals surface area (Å²) < 4.78 is 5.89. The van der Waals surface area contributed by atoms with Crippen molar-refractivity contribution in [1.82, 2.24) is 0 Å². The first-order chi connectivity index (χ1) is 9.79. The van der Waals surface area contributed by atoms with Crippen LogP contribution >= 0.6 is 0 Å². The summed E-state index contributed by atoms with van der Waals surface area (Å²) in [4.78, 5) is 0. The lowest BCUT2D eigenvalue weighted by atomic mass is 10.1. The molecule has 0 atom stereocenters. The predicted molar refractivity (Wildman–Crippen MR) is 79.6 cm³/mol. The Morgan fingerprint density at radius 2 is 1.55 bits per heavy atom. The number of benzene rings is 3. The van der Waals surface area contributed by atoms with Crippen molar-refractivity contribution in [3.8, 4) is 17.6 Å². The number of fused-ring (bicyclic) bond motifs is 1. The molecule has 0 aliphatic rings. The molecule has 0 unspecified atom stereocenters. The van der Waals surface area contributed by atoms with E-state index in [0.717, 1.165) is 16.5 Å². The number of para-hydroxylation sites is 1. The number of nitrogen functional groups attached to an aromatic ring is 1. The molecule has 0 saturated heterocycles. The Kier molecular flexibility index (Phi) is 2.98. The van der Waals surface area contributed by atoms with Gasteiger partial charge in [-0.05, 0) is 23.6 Å². The quantitative estimate of drug-likeness (QED) is 0.706. The van der Waals surface area contributed by atoms with E-state index >= 15 is 0 Å². The maximum atomic E-state index is 9.00. The standard InChI is InChI=1S/C17H12N2O/c18-11-13-7-4-10-16(17(13)19)20-15-9-3-6-12-5-1-2-8-14(12)15/h1-10H,19H2. The van der Waals surface area contributed by atoms with Gasteiger partial charge in [-0.25, -0.2) is 0 Å². The lowest BCUT2D eigenvalue weighted by Crippen LogP contribution is -1.95. The van der Waals surface area contributed by atoms with Crippen molar-refractivity contribution in [2.45, 2.75) is 0 Å². The van der Waals surface area contributed by atoms with Gasteiger partial charge in [-0.1, -0.05) is 42.5 Å². The SMILES string of the molecule is N#Cc1cccc(Oc2cccc3ccccc23)c1N. The molecule has 3 heteroatoms. The zero-order valence-corrected chi connectivity index (χ0v) is 10.7. The lowest BCUT2D eigenvalue weighted by molar-refractivity contribution is 0.490. The van der Waals surface area contributed by atoms with E-state index in [1.165, 1.54) is 0 Å². The molecule has 0 aliphatic heterocycles. The van der Waals surface area contributed by atoms with E-state index in [4.69, 9.17) is 15.7 Å². The fraction of sp³-hybridized carbons (Fsp3) is 0. The topological polar surface area (TPSA) is 59.0 Å². The van der Waals surface area contributed by atoms with Crippen LogP contribution in [-0.2, 0) is 0 Å². The number of nitriles is 1. The summed E-state index contributed by atoms with van der Waals surface area (Å²) in [6.45, 7) is 0. The van der Waals surface area contributed by atoms with Crippen molar-refractivity contribution >= 4 is 16.5 Å². The van der Waals surface area contributed by atoms with Crippen LogP contribution in [0.2, 0.25) is 0 Å². The highest BCUT2D eigenvalue weighted by Crippen LogP contribution is 2.33. The number of nitrogens with two attached hydrogens (primary N) is 1. The molecule has 0 amide bonds. The number of rotatable bonds is 2. The van der Waals surface area contributed by atoms with Crippen molar-refractivity contribution in [3.05, 3.63) is 66.2 Å². The molecular formula is C17H12N2O. The van der Waals surface area contributed by atoms with Crippen LogP contribution in [0.3, 0.4) is 0 Å². The van der Waals surface area contributed by atoms with Gasteiger partial charge in [-0.15, -0.1) is 0 Å². The number of nitrogens with zero attached hydrogens (tertiary/aromatic N) is 1. The molecule has 20 heavy (non-hydrogen) atoms. The first-order valence-electron chi connectivity index (χ1n) is 6.24. The van der Waals surface area contributed by atoms with Gasteiger partial charge in [0.1, 0.15) is 11.8 Å². The second-order valence-corrected chi connectivity index (χ2v) is 4.41. The molecule has 0 fully saturated rings. The summed E-state index contributed by atoms with van der Waals surface area (Å²) in [6.07, 6.45) is 0. The van der Waals surface area contributed by atoms with E-state index in [-0.39, 0.29) is 0 Å². The Morgan fingerprint density at radius 1 is 0.850 bits per heavy atom. The van der Waals surface area contributed by atoms with Gasteiger partial charge in [0.25, 0.3) is 0 Å². The van der Waals surface area contributed by atoms with Crippen LogP contribution in [0.5, 0.6) is 11.5 Å². The second kappa shape index (κ2) is 4.94. The highest BCUT2D eigenvalue weighted by Gasteiger charge is 2.08. The molecule has 3 rings (SSSR count). The van der Waals surface area contributed by atoms with Gasteiger partial charge in [0.2, 0.25) is 0 Å². The third-order valence-corrected chi connectivity index (χ3v) is 3.16. The van der Waals surface area contributed by atoms with Gasteiger partial charge in [-0.3, -0.25) is 0 Å². The number of hydrogen-bond donors (Lipinski definition) is 1. The smallest absolute Gasteiger partial charge is 0.151 e. The Morgan fingerprint density at radius 3 is 2.40 bits per heavy atom. The summed E-state index contributed by atoms with van der Waals surface area (Å²) >= 11 is 0. The molecular weight excluding hydrogens is 248 g/mol. The van der Waals surface area contributed by atoms with Crippen LogP contribution in [0.25, 0.3) is 10.8 Å². The molecule has 0 aliphatic carbocycles. The molecule has 3 aromatic carbocycles. The van der Waals surface area contributed by atoms with Gasteiger partial charge in [-0.2, -0.15) is 5.26 Å². The van der Waals surface area contributed by atoms with E-state index < -0.39 is 0 Å². The summed E-state index contributed by atoms with van der Waals surface area (Å²) in [5, 5.41) is 11.1. The zero-order chi connectivity index (χ0) is 13.9. The Labute approximate surface area is 116 Å². The molecule has 2 N–H and O–H groups in total. The highest BCUT2D eigenvalue weighted by molar-refractivity contribution is 5.88. The van der Waals surface area contributed by atoms with Crippen molar-refractivity contribution in [1.29, 1.82) is 5.26 Å². The average Bonchev–Trinajstić information content (AvgIpc) is 2.50. The van der Waals surface area contributed by atoms with Crippen LogP contribution in [0.15, 0.2) is 60.7 Å². The summed E-state index contributed by atoms with van der Waals surface area (Å²) in [6, 6.07) is 21.1. The van der Waals surface area contributed by atoms with Gasteiger partial charge in [0.15, 0.2) is 5.75 Å². The maximum Gasteiger partial charge on any atom is 0.151 e. The molecule has 0 aromatic heterocycles. The number of anilines is 1. The van der Waals surface area contributed by atoms with Gasteiger partial charge < -0.3 is 10.5 Å². The third-order valence-electron chi connectivity index (χ3n) is 3.16. The maximum absolute atomic E-state index is 9.00. The summed E-state index contributed by atoms with van der Waals surface area (Å²) in [5.41, 5.74) is 6.72. The summed E-state index contributed by atoms with van der Waals surface area (Å²) in [7, 11) is 0. The third kappa shape index (κ3) is 2.04. The molecule has 0 bridgehead atoms. The van der Waals surface area contributed by atoms with Crippen molar-refractivity contribution < 1.29 is 4.74 Å². The van der Waals surface area contributed by atoms with Gasteiger partial charge in [0.05, 0.1) is 11.3 Å². The van der Waals surface area contributed by atoms with E-state index in [9.17, 15) is 0 Å². The van der Waals surface area contributed by atoms with E-state index in [1.54, 1.807) is 18.2 Å². The van der Waals surface area contributed by atoms with Gasteiger partial charge >= 0.3 is 0 Å². The number of ether oxygens (including phenoxy) is 1. The first kappa shape index (κ1) is 12.1. The van der Waals surface area contributed by atoms with Crippen LogP contribution < -0.4 is 10.5 Å². The largest absolute Gasteiger partial charge is 0.455 e. The predicted octanol–water partition coefficient (Wildman–Crippen LogP) is 4.09. The Bertz CT molecular complexity index is 813. The minimum Gasteiger partial charge on any atom is -0.455 e. The number of hydrogen-bond acceptors (Lipinski definition) is 3. The highest BCUT2D eigenvalue weighted by atomic mass is 16.5. The fourth-order valence-corrected chi connectivity index (χ4v) is 2.13. The van der Waals surface area contributed by atoms with Crippen LogP contribution in [0.4, 0.5) is 5.69 Å². The molecule has 96 valence electrons.